The van der Waals surface area contributed by atoms with E-state index in [0.717, 1.165) is 30.8 Å². The van der Waals surface area contributed by atoms with Crippen molar-refractivity contribution in [2.45, 2.75) is 13.3 Å². The van der Waals surface area contributed by atoms with Gasteiger partial charge in [0.2, 0.25) is 0 Å². The number of hydrogen-bond acceptors (Lipinski definition) is 1. The highest BCUT2D eigenvalue weighted by Gasteiger charge is 2.19. The molecule has 1 aromatic rings. The van der Waals surface area contributed by atoms with Crippen LogP contribution >= 0.6 is 15.9 Å². The molecule has 98 valence electrons. The lowest BCUT2D eigenvalue weighted by atomic mass is 10.0. The Balaban J connectivity index is 1.99. The van der Waals surface area contributed by atoms with E-state index in [0.29, 0.717) is 10.9 Å². The molecule has 1 saturated heterocycles. The zero-order chi connectivity index (χ0) is 13.1. The quantitative estimate of drug-likeness (QED) is 0.813. The fourth-order valence-corrected chi connectivity index (χ4v) is 2.36. The van der Waals surface area contributed by atoms with Gasteiger partial charge in [-0.3, -0.25) is 9.29 Å². The molecule has 2 rings (SSSR count). The third kappa shape index (κ3) is 3.18. The van der Waals surface area contributed by atoms with Gasteiger partial charge in [-0.15, -0.1) is 0 Å². The standard InChI is InChI=1S/C14H16BrF2N/c1-10-5-11(7-13(17)14(10)15)6-12-8-18(9-12)4-2-3-16/h5-7H,2-4,8-9H2,1H3. The lowest BCUT2D eigenvalue weighted by Gasteiger charge is -2.33. The van der Waals surface area contributed by atoms with E-state index in [1.165, 1.54) is 11.6 Å². The zero-order valence-corrected chi connectivity index (χ0v) is 11.9. The second-order valence-electron chi connectivity index (χ2n) is 4.69. The predicted molar refractivity (Wildman–Crippen MR) is 73.8 cm³/mol. The molecule has 0 N–H and O–H groups in total. The van der Waals surface area contributed by atoms with Crippen molar-refractivity contribution >= 4 is 22.0 Å². The van der Waals surface area contributed by atoms with E-state index in [1.807, 2.05) is 19.1 Å². The molecule has 0 radical (unpaired) electrons. The van der Waals surface area contributed by atoms with Crippen LogP contribution in [0.2, 0.25) is 0 Å². The van der Waals surface area contributed by atoms with E-state index in [1.54, 1.807) is 0 Å². The van der Waals surface area contributed by atoms with Gasteiger partial charge in [0, 0.05) is 19.6 Å². The first kappa shape index (κ1) is 13.7. The van der Waals surface area contributed by atoms with Crippen molar-refractivity contribution in [2.75, 3.05) is 26.3 Å². The lowest BCUT2D eigenvalue weighted by molar-refractivity contribution is 0.239. The second-order valence-corrected chi connectivity index (χ2v) is 5.48. The Kier molecular flexibility index (Phi) is 4.51. The van der Waals surface area contributed by atoms with Crippen molar-refractivity contribution in [3.8, 4) is 0 Å². The summed E-state index contributed by atoms with van der Waals surface area (Å²) in [5.41, 5.74) is 3.07. The van der Waals surface area contributed by atoms with Crippen molar-refractivity contribution in [2.24, 2.45) is 0 Å². The Hall–Kier alpha value is -0.740. The van der Waals surface area contributed by atoms with Crippen LogP contribution in [0.15, 0.2) is 22.2 Å². The molecule has 1 aliphatic rings. The smallest absolute Gasteiger partial charge is 0.138 e. The molecular weight excluding hydrogens is 300 g/mol. The number of halogens is 3. The van der Waals surface area contributed by atoms with E-state index < -0.39 is 0 Å². The summed E-state index contributed by atoms with van der Waals surface area (Å²) in [6.45, 7) is 4.17. The zero-order valence-electron chi connectivity index (χ0n) is 10.3. The maximum absolute atomic E-state index is 13.5. The number of nitrogens with zero attached hydrogens (tertiary/aromatic N) is 1. The summed E-state index contributed by atoms with van der Waals surface area (Å²) in [4.78, 5) is 2.19. The van der Waals surface area contributed by atoms with Crippen molar-refractivity contribution in [1.82, 2.24) is 4.90 Å². The number of aryl methyl sites for hydroxylation is 1. The minimum absolute atomic E-state index is 0.226. The number of hydrogen-bond donors (Lipinski definition) is 0. The van der Waals surface area contributed by atoms with Gasteiger partial charge in [0.15, 0.2) is 0 Å². The monoisotopic (exact) mass is 315 g/mol. The van der Waals surface area contributed by atoms with Crippen LogP contribution in [0.4, 0.5) is 8.78 Å². The van der Waals surface area contributed by atoms with Gasteiger partial charge in [0.1, 0.15) is 5.82 Å². The maximum atomic E-state index is 13.5. The minimum atomic E-state index is -0.257. The van der Waals surface area contributed by atoms with E-state index in [9.17, 15) is 8.78 Å². The first-order valence-corrected chi connectivity index (χ1v) is 6.83. The third-order valence-corrected chi connectivity index (χ3v) is 4.07. The molecule has 1 aromatic carbocycles. The fourth-order valence-electron chi connectivity index (χ4n) is 2.13. The van der Waals surface area contributed by atoms with Crippen LogP contribution in [0.1, 0.15) is 17.5 Å². The molecule has 0 amide bonds. The lowest BCUT2D eigenvalue weighted by Crippen LogP contribution is -2.40. The molecule has 1 nitrogen and oxygen atoms in total. The highest BCUT2D eigenvalue weighted by atomic mass is 79.9. The van der Waals surface area contributed by atoms with E-state index in [2.05, 4.69) is 20.8 Å². The molecule has 1 fully saturated rings. The van der Waals surface area contributed by atoms with Gasteiger partial charge in [-0.1, -0.05) is 12.1 Å². The summed E-state index contributed by atoms with van der Waals surface area (Å²) in [6.07, 6.45) is 2.62. The van der Waals surface area contributed by atoms with Crippen molar-refractivity contribution < 1.29 is 8.78 Å². The van der Waals surface area contributed by atoms with E-state index >= 15 is 0 Å². The number of rotatable bonds is 4. The number of likely N-dealkylation sites (tertiary alicyclic amines) is 1. The summed E-state index contributed by atoms with van der Waals surface area (Å²) < 4.78 is 26.1. The summed E-state index contributed by atoms with van der Waals surface area (Å²) in [5.74, 6) is -0.226. The van der Waals surface area contributed by atoms with Crippen LogP contribution in [0.3, 0.4) is 0 Å². The number of alkyl halides is 1. The first-order valence-electron chi connectivity index (χ1n) is 6.03. The van der Waals surface area contributed by atoms with Crippen LogP contribution in [-0.4, -0.2) is 31.2 Å². The molecule has 4 heteroatoms. The normalized spacial score (nSPS) is 15.7. The second kappa shape index (κ2) is 5.93. The van der Waals surface area contributed by atoms with Crippen LogP contribution in [0.25, 0.3) is 6.08 Å². The molecular formula is C14H16BrF2N. The minimum Gasteiger partial charge on any atom is -0.295 e. The molecule has 0 unspecified atom stereocenters. The average molecular weight is 316 g/mol. The predicted octanol–water partition coefficient (Wildman–Crippen LogP) is 3.96. The molecule has 0 saturated carbocycles. The summed E-state index contributed by atoms with van der Waals surface area (Å²) >= 11 is 3.21. The van der Waals surface area contributed by atoms with Gasteiger partial charge in [0.05, 0.1) is 11.1 Å². The van der Waals surface area contributed by atoms with Crippen LogP contribution in [0, 0.1) is 12.7 Å². The fraction of sp³-hybridized carbons (Fsp3) is 0.429. The molecule has 0 atom stereocenters. The third-order valence-electron chi connectivity index (χ3n) is 3.06. The Morgan fingerprint density at radius 1 is 1.39 bits per heavy atom. The molecule has 0 aliphatic carbocycles. The summed E-state index contributed by atoms with van der Waals surface area (Å²) in [5, 5.41) is 0. The molecule has 0 aromatic heterocycles. The molecule has 1 aliphatic heterocycles. The largest absolute Gasteiger partial charge is 0.295 e. The van der Waals surface area contributed by atoms with Crippen molar-refractivity contribution in [3.05, 3.63) is 39.1 Å². The van der Waals surface area contributed by atoms with Crippen molar-refractivity contribution in [3.63, 3.8) is 0 Å². The maximum Gasteiger partial charge on any atom is 0.138 e. The molecule has 1 heterocycles. The Labute approximate surface area is 115 Å². The highest BCUT2D eigenvalue weighted by Crippen LogP contribution is 2.24. The van der Waals surface area contributed by atoms with Gasteiger partial charge in [-0.05, 0) is 52.0 Å². The molecule has 0 bridgehead atoms. The molecule has 0 spiro atoms. The average Bonchev–Trinajstić information content (AvgIpc) is 2.28. The van der Waals surface area contributed by atoms with Crippen LogP contribution < -0.4 is 0 Å². The number of benzene rings is 1. The van der Waals surface area contributed by atoms with Crippen LogP contribution in [-0.2, 0) is 0 Å². The topological polar surface area (TPSA) is 3.24 Å². The molecule has 18 heavy (non-hydrogen) atoms. The van der Waals surface area contributed by atoms with Crippen LogP contribution in [0.5, 0.6) is 0 Å². The summed E-state index contributed by atoms with van der Waals surface area (Å²) in [7, 11) is 0. The Morgan fingerprint density at radius 2 is 2.11 bits per heavy atom. The van der Waals surface area contributed by atoms with Gasteiger partial charge >= 0.3 is 0 Å². The first-order chi connectivity index (χ1) is 8.60. The summed E-state index contributed by atoms with van der Waals surface area (Å²) in [6, 6.07) is 3.50. The Bertz CT molecular complexity index is 440. The van der Waals surface area contributed by atoms with Gasteiger partial charge in [-0.2, -0.15) is 0 Å². The van der Waals surface area contributed by atoms with Gasteiger partial charge in [0.25, 0.3) is 0 Å². The van der Waals surface area contributed by atoms with E-state index in [-0.39, 0.29) is 12.5 Å². The highest BCUT2D eigenvalue weighted by molar-refractivity contribution is 9.10. The van der Waals surface area contributed by atoms with E-state index in [4.69, 9.17) is 0 Å². The van der Waals surface area contributed by atoms with Gasteiger partial charge in [-0.25, -0.2) is 4.39 Å². The SMILES string of the molecule is Cc1cc(C=C2CN(CCCF)C2)cc(F)c1Br. The van der Waals surface area contributed by atoms with Gasteiger partial charge < -0.3 is 0 Å². The Morgan fingerprint density at radius 3 is 2.72 bits per heavy atom. The van der Waals surface area contributed by atoms with Crippen molar-refractivity contribution in [1.29, 1.82) is 0 Å².